The Morgan fingerprint density at radius 1 is 1.06 bits per heavy atom. The van der Waals surface area contributed by atoms with Gasteiger partial charge in [-0.1, -0.05) is 43.8 Å². The van der Waals surface area contributed by atoms with Crippen molar-refractivity contribution in [2.75, 3.05) is 5.32 Å². The predicted octanol–water partition coefficient (Wildman–Crippen LogP) is 5.20. The van der Waals surface area contributed by atoms with Crippen LogP contribution in [0.1, 0.15) is 32.3 Å². The Labute approximate surface area is 183 Å². The standard InChI is InChI=1S/C23H22FN5OS/c1-14(2)18-6-4-5-7-20(18)28-22(30)15(3)31-23-19-12-27-29(21(19)25-13-26-23)17-10-8-16(24)9-11-17/h4-15H,1-3H3,(H,28,30). The summed E-state index contributed by atoms with van der Waals surface area (Å²) in [5.41, 5.74) is 3.22. The van der Waals surface area contributed by atoms with Gasteiger partial charge in [-0.05, 0) is 48.7 Å². The third kappa shape index (κ3) is 4.44. The van der Waals surface area contributed by atoms with Gasteiger partial charge in [0.05, 0.1) is 22.5 Å². The van der Waals surface area contributed by atoms with E-state index in [9.17, 15) is 9.18 Å². The van der Waals surface area contributed by atoms with Gasteiger partial charge in [0, 0.05) is 5.69 Å². The lowest BCUT2D eigenvalue weighted by Crippen LogP contribution is -2.23. The van der Waals surface area contributed by atoms with Crippen LogP contribution in [0.3, 0.4) is 0 Å². The molecule has 0 saturated carbocycles. The number of hydrogen-bond acceptors (Lipinski definition) is 5. The molecule has 0 aliphatic rings. The Morgan fingerprint density at radius 2 is 1.81 bits per heavy atom. The average molecular weight is 436 g/mol. The molecule has 0 bridgehead atoms. The summed E-state index contributed by atoms with van der Waals surface area (Å²) >= 11 is 1.35. The largest absolute Gasteiger partial charge is 0.325 e. The van der Waals surface area contributed by atoms with Gasteiger partial charge in [-0.3, -0.25) is 4.79 Å². The zero-order chi connectivity index (χ0) is 22.0. The smallest absolute Gasteiger partial charge is 0.237 e. The zero-order valence-corrected chi connectivity index (χ0v) is 18.2. The first-order valence-corrected chi connectivity index (χ1v) is 10.8. The van der Waals surface area contributed by atoms with Gasteiger partial charge >= 0.3 is 0 Å². The summed E-state index contributed by atoms with van der Waals surface area (Å²) in [6.45, 7) is 6.04. The van der Waals surface area contributed by atoms with E-state index in [-0.39, 0.29) is 17.0 Å². The molecule has 0 spiro atoms. The van der Waals surface area contributed by atoms with E-state index in [0.29, 0.717) is 22.3 Å². The number of rotatable bonds is 6. The number of halogens is 1. The van der Waals surface area contributed by atoms with E-state index >= 15 is 0 Å². The number of anilines is 1. The van der Waals surface area contributed by atoms with Crippen molar-refractivity contribution in [2.45, 2.75) is 37.0 Å². The van der Waals surface area contributed by atoms with Crippen LogP contribution in [0.5, 0.6) is 0 Å². The number of para-hydroxylation sites is 1. The molecule has 6 nitrogen and oxygen atoms in total. The average Bonchev–Trinajstić information content (AvgIpc) is 3.19. The number of fused-ring (bicyclic) bond motifs is 1. The van der Waals surface area contributed by atoms with E-state index in [1.165, 1.54) is 30.2 Å². The lowest BCUT2D eigenvalue weighted by Gasteiger charge is -2.16. The van der Waals surface area contributed by atoms with Gasteiger partial charge in [-0.25, -0.2) is 19.0 Å². The molecule has 0 saturated heterocycles. The maximum atomic E-state index is 13.3. The van der Waals surface area contributed by atoms with E-state index in [1.807, 2.05) is 31.2 Å². The van der Waals surface area contributed by atoms with Crippen molar-refractivity contribution >= 4 is 34.4 Å². The number of aromatic nitrogens is 4. The summed E-state index contributed by atoms with van der Waals surface area (Å²) in [7, 11) is 0. The minimum atomic E-state index is -0.382. The molecule has 0 radical (unpaired) electrons. The van der Waals surface area contributed by atoms with E-state index in [4.69, 9.17) is 0 Å². The normalized spacial score (nSPS) is 12.3. The summed E-state index contributed by atoms with van der Waals surface area (Å²) in [4.78, 5) is 21.5. The van der Waals surface area contributed by atoms with Crippen LogP contribution in [0.15, 0.2) is 66.1 Å². The van der Waals surface area contributed by atoms with Gasteiger partial charge < -0.3 is 5.32 Å². The van der Waals surface area contributed by atoms with Crippen LogP contribution in [0.25, 0.3) is 16.7 Å². The van der Waals surface area contributed by atoms with Crippen LogP contribution in [-0.4, -0.2) is 30.9 Å². The SMILES string of the molecule is CC(Sc1ncnc2c1cnn2-c1ccc(F)cc1)C(=O)Nc1ccccc1C(C)C. The molecule has 1 atom stereocenters. The molecular weight excluding hydrogens is 413 g/mol. The van der Waals surface area contributed by atoms with Gasteiger partial charge in [0.2, 0.25) is 5.91 Å². The molecule has 0 fully saturated rings. The van der Waals surface area contributed by atoms with Crippen molar-refractivity contribution in [3.63, 3.8) is 0 Å². The van der Waals surface area contributed by atoms with Crippen molar-refractivity contribution in [3.8, 4) is 5.69 Å². The van der Waals surface area contributed by atoms with Crippen molar-refractivity contribution < 1.29 is 9.18 Å². The fourth-order valence-corrected chi connectivity index (χ4v) is 4.14. The molecule has 1 N–H and O–H groups in total. The topological polar surface area (TPSA) is 72.7 Å². The Hall–Kier alpha value is -3.26. The summed E-state index contributed by atoms with van der Waals surface area (Å²) in [6.07, 6.45) is 3.12. The van der Waals surface area contributed by atoms with E-state index < -0.39 is 0 Å². The maximum absolute atomic E-state index is 13.3. The molecule has 0 aliphatic heterocycles. The Balaban J connectivity index is 1.56. The predicted molar refractivity (Wildman–Crippen MR) is 121 cm³/mol. The summed E-state index contributed by atoms with van der Waals surface area (Å²) < 4.78 is 14.9. The van der Waals surface area contributed by atoms with Gasteiger partial charge in [0.15, 0.2) is 5.65 Å². The summed E-state index contributed by atoms with van der Waals surface area (Å²) in [5.74, 6) is -0.112. The minimum absolute atomic E-state index is 0.101. The highest BCUT2D eigenvalue weighted by Gasteiger charge is 2.20. The molecule has 2 aromatic carbocycles. The molecule has 158 valence electrons. The van der Waals surface area contributed by atoms with E-state index in [1.54, 1.807) is 23.0 Å². The first kappa shape index (κ1) is 21.0. The van der Waals surface area contributed by atoms with Crippen LogP contribution in [0.2, 0.25) is 0 Å². The van der Waals surface area contributed by atoms with Crippen molar-refractivity contribution in [1.82, 2.24) is 19.7 Å². The molecule has 8 heteroatoms. The number of amides is 1. The number of nitrogens with zero attached hydrogens (tertiary/aromatic N) is 4. The van der Waals surface area contributed by atoms with Crippen LogP contribution in [0, 0.1) is 5.82 Å². The molecule has 31 heavy (non-hydrogen) atoms. The van der Waals surface area contributed by atoms with Gasteiger partial charge in [0.25, 0.3) is 0 Å². The second-order valence-electron chi connectivity index (χ2n) is 7.44. The fourth-order valence-electron chi connectivity index (χ4n) is 3.26. The number of nitrogens with one attached hydrogen (secondary N) is 1. The van der Waals surface area contributed by atoms with Crippen LogP contribution in [0.4, 0.5) is 10.1 Å². The molecule has 4 aromatic rings. The summed E-state index contributed by atoms with van der Waals surface area (Å²) in [6, 6.07) is 13.9. The number of carbonyl (C=O) groups is 1. The molecule has 2 heterocycles. The van der Waals surface area contributed by atoms with Gasteiger partial charge in [-0.15, -0.1) is 0 Å². The quantitative estimate of drug-likeness (QED) is 0.333. The minimum Gasteiger partial charge on any atom is -0.325 e. The van der Waals surface area contributed by atoms with Gasteiger partial charge in [-0.2, -0.15) is 5.10 Å². The molecule has 2 aromatic heterocycles. The highest BCUT2D eigenvalue weighted by molar-refractivity contribution is 8.00. The van der Waals surface area contributed by atoms with Crippen LogP contribution in [-0.2, 0) is 4.79 Å². The summed E-state index contributed by atoms with van der Waals surface area (Å²) in [5, 5.41) is 8.44. The third-order valence-corrected chi connectivity index (χ3v) is 6.01. The Morgan fingerprint density at radius 3 is 2.55 bits per heavy atom. The van der Waals surface area contributed by atoms with Gasteiger partial charge in [0.1, 0.15) is 17.2 Å². The monoisotopic (exact) mass is 435 g/mol. The lowest BCUT2D eigenvalue weighted by atomic mass is 10.0. The maximum Gasteiger partial charge on any atom is 0.237 e. The molecule has 4 rings (SSSR count). The fraction of sp³-hybridized carbons (Fsp3) is 0.217. The first-order valence-electron chi connectivity index (χ1n) is 9.95. The van der Waals surface area contributed by atoms with Crippen LogP contribution >= 0.6 is 11.8 Å². The second kappa shape index (κ2) is 8.85. The number of benzene rings is 2. The number of hydrogen-bond donors (Lipinski definition) is 1. The molecular formula is C23H22FN5OS. The van der Waals surface area contributed by atoms with Crippen LogP contribution < -0.4 is 5.32 Å². The highest BCUT2D eigenvalue weighted by Crippen LogP contribution is 2.30. The van der Waals surface area contributed by atoms with Crippen molar-refractivity contribution in [2.24, 2.45) is 0 Å². The first-order chi connectivity index (χ1) is 14.9. The Kier molecular flexibility index (Phi) is 5.99. The highest BCUT2D eigenvalue weighted by atomic mass is 32.2. The molecule has 0 aliphatic carbocycles. The van der Waals surface area contributed by atoms with E-state index in [2.05, 4.69) is 34.2 Å². The van der Waals surface area contributed by atoms with E-state index in [0.717, 1.165) is 16.6 Å². The van der Waals surface area contributed by atoms with Crippen molar-refractivity contribution in [1.29, 1.82) is 0 Å². The van der Waals surface area contributed by atoms with Crippen molar-refractivity contribution in [3.05, 3.63) is 72.4 Å². The zero-order valence-electron chi connectivity index (χ0n) is 17.4. The molecule has 1 unspecified atom stereocenters. The third-order valence-electron chi connectivity index (χ3n) is 4.90. The Bertz CT molecular complexity index is 1220. The second-order valence-corrected chi connectivity index (χ2v) is 8.77. The number of thioether (sulfide) groups is 1. The lowest BCUT2D eigenvalue weighted by molar-refractivity contribution is -0.115. The molecule has 1 amide bonds. The number of carbonyl (C=O) groups excluding carboxylic acids is 1.